The van der Waals surface area contributed by atoms with Crippen LogP contribution in [0.15, 0.2) is 42.7 Å². The molecule has 0 aliphatic heterocycles. The van der Waals surface area contributed by atoms with Gasteiger partial charge in [-0.3, -0.25) is 0 Å². The minimum Gasteiger partial charge on any atom is -0.492 e. The quantitative estimate of drug-likeness (QED) is 0.776. The monoisotopic (exact) mass is 231 g/mol. The first-order valence-electron chi connectivity index (χ1n) is 5.83. The van der Waals surface area contributed by atoms with E-state index in [1.165, 1.54) is 0 Å². The van der Waals surface area contributed by atoms with Crippen LogP contribution in [0.25, 0.3) is 0 Å². The third-order valence-corrected chi connectivity index (χ3v) is 2.45. The molecule has 17 heavy (non-hydrogen) atoms. The second kappa shape index (κ2) is 5.94. The molecule has 90 valence electrons. The lowest BCUT2D eigenvalue weighted by Gasteiger charge is -2.09. The van der Waals surface area contributed by atoms with Crippen molar-refractivity contribution in [2.45, 2.75) is 13.5 Å². The summed E-state index contributed by atoms with van der Waals surface area (Å²) in [7, 11) is 0. The molecule has 0 saturated heterocycles. The van der Waals surface area contributed by atoms with Gasteiger partial charge in [-0.15, -0.1) is 0 Å². The highest BCUT2D eigenvalue weighted by molar-refractivity contribution is 5.26. The van der Waals surface area contributed by atoms with E-state index in [4.69, 9.17) is 4.74 Å². The number of rotatable bonds is 6. The number of nitrogens with zero attached hydrogens (tertiary/aromatic N) is 2. The average Bonchev–Trinajstić information content (AvgIpc) is 2.83. The first-order chi connectivity index (χ1) is 8.40. The molecular formula is C13H17N3O. The van der Waals surface area contributed by atoms with Gasteiger partial charge in [0.05, 0.1) is 6.54 Å². The Bertz CT molecular complexity index is 439. The summed E-state index contributed by atoms with van der Waals surface area (Å²) in [6.07, 6.45) is 3.75. The van der Waals surface area contributed by atoms with Crippen LogP contribution in [0, 0.1) is 0 Å². The predicted molar refractivity (Wildman–Crippen MR) is 68.3 cm³/mol. The summed E-state index contributed by atoms with van der Waals surface area (Å²) >= 11 is 0. The maximum absolute atomic E-state index is 5.58. The Labute approximate surface area is 101 Å². The van der Waals surface area contributed by atoms with Crippen molar-refractivity contribution in [1.82, 2.24) is 9.55 Å². The molecule has 4 nitrogen and oxygen atoms in total. The Morgan fingerprint density at radius 2 is 2.12 bits per heavy atom. The molecule has 1 aromatic carbocycles. The number of ether oxygens (including phenoxy) is 1. The van der Waals surface area contributed by atoms with Crippen LogP contribution < -0.4 is 10.1 Å². The molecule has 0 radical (unpaired) electrons. The molecule has 2 rings (SSSR count). The van der Waals surface area contributed by atoms with Crippen LogP contribution in [-0.2, 0) is 6.54 Å². The van der Waals surface area contributed by atoms with Gasteiger partial charge in [0, 0.05) is 18.9 Å². The standard InChI is InChI=1S/C13H17N3O/c1-2-16-10-8-14-13(16)15-9-11-17-12-6-4-3-5-7-12/h3-8,10H,2,9,11H2,1H3,(H,14,15). The van der Waals surface area contributed by atoms with Crippen LogP contribution in [0.1, 0.15) is 6.92 Å². The van der Waals surface area contributed by atoms with Gasteiger partial charge in [0.15, 0.2) is 0 Å². The van der Waals surface area contributed by atoms with Gasteiger partial charge in [-0.05, 0) is 19.1 Å². The Morgan fingerprint density at radius 1 is 1.29 bits per heavy atom. The number of imidazole rings is 1. The van der Waals surface area contributed by atoms with Crippen molar-refractivity contribution in [2.75, 3.05) is 18.5 Å². The van der Waals surface area contributed by atoms with Crippen molar-refractivity contribution in [3.05, 3.63) is 42.7 Å². The van der Waals surface area contributed by atoms with E-state index in [9.17, 15) is 0 Å². The van der Waals surface area contributed by atoms with Crippen molar-refractivity contribution in [3.63, 3.8) is 0 Å². The normalized spacial score (nSPS) is 10.2. The van der Waals surface area contributed by atoms with Gasteiger partial charge in [0.2, 0.25) is 5.95 Å². The van der Waals surface area contributed by atoms with E-state index in [-0.39, 0.29) is 0 Å². The molecular weight excluding hydrogens is 214 g/mol. The van der Waals surface area contributed by atoms with Gasteiger partial charge in [-0.2, -0.15) is 0 Å². The van der Waals surface area contributed by atoms with Crippen LogP contribution in [0.2, 0.25) is 0 Å². The number of aromatic nitrogens is 2. The molecule has 1 aromatic heterocycles. The summed E-state index contributed by atoms with van der Waals surface area (Å²) in [6.45, 7) is 4.38. The van der Waals surface area contributed by atoms with E-state index in [0.29, 0.717) is 6.61 Å². The second-order valence-electron chi connectivity index (χ2n) is 3.63. The topological polar surface area (TPSA) is 39.1 Å². The average molecular weight is 231 g/mol. The number of aryl methyl sites for hydroxylation is 1. The molecule has 1 heterocycles. The van der Waals surface area contributed by atoms with Crippen molar-refractivity contribution >= 4 is 5.95 Å². The van der Waals surface area contributed by atoms with Gasteiger partial charge in [-0.25, -0.2) is 4.98 Å². The number of hydrogen-bond acceptors (Lipinski definition) is 3. The Hall–Kier alpha value is -1.97. The fourth-order valence-corrected chi connectivity index (χ4v) is 1.58. The zero-order chi connectivity index (χ0) is 11.9. The smallest absolute Gasteiger partial charge is 0.202 e. The van der Waals surface area contributed by atoms with Crippen LogP contribution in [0.5, 0.6) is 5.75 Å². The van der Waals surface area contributed by atoms with Crippen molar-refractivity contribution in [2.24, 2.45) is 0 Å². The Balaban J connectivity index is 1.73. The largest absolute Gasteiger partial charge is 0.492 e. The lowest BCUT2D eigenvalue weighted by molar-refractivity contribution is 0.332. The maximum atomic E-state index is 5.58. The van der Waals surface area contributed by atoms with Crippen LogP contribution in [-0.4, -0.2) is 22.7 Å². The fourth-order valence-electron chi connectivity index (χ4n) is 1.58. The first-order valence-corrected chi connectivity index (χ1v) is 5.83. The van der Waals surface area contributed by atoms with E-state index >= 15 is 0 Å². The summed E-state index contributed by atoms with van der Waals surface area (Å²) in [6, 6.07) is 9.81. The molecule has 0 amide bonds. The van der Waals surface area contributed by atoms with Crippen molar-refractivity contribution in [3.8, 4) is 5.75 Å². The minimum absolute atomic E-state index is 0.626. The zero-order valence-corrected chi connectivity index (χ0v) is 9.97. The number of anilines is 1. The SMILES string of the molecule is CCn1ccnc1NCCOc1ccccc1. The number of hydrogen-bond donors (Lipinski definition) is 1. The predicted octanol–water partition coefficient (Wildman–Crippen LogP) is 2.39. The van der Waals surface area contributed by atoms with E-state index in [2.05, 4.69) is 21.8 Å². The summed E-state index contributed by atoms with van der Waals surface area (Å²) in [5.74, 6) is 1.79. The molecule has 0 unspecified atom stereocenters. The van der Waals surface area contributed by atoms with Crippen molar-refractivity contribution < 1.29 is 4.74 Å². The van der Waals surface area contributed by atoms with Crippen LogP contribution >= 0.6 is 0 Å². The van der Waals surface area contributed by atoms with Crippen LogP contribution in [0.4, 0.5) is 5.95 Å². The van der Waals surface area contributed by atoms with E-state index < -0.39 is 0 Å². The van der Waals surface area contributed by atoms with Gasteiger partial charge >= 0.3 is 0 Å². The number of para-hydroxylation sites is 1. The molecule has 0 saturated carbocycles. The summed E-state index contributed by atoms with van der Waals surface area (Å²) < 4.78 is 7.64. The molecule has 0 spiro atoms. The third-order valence-electron chi connectivity index (χ3n) is 2.45. The van der Waals surface area contributed by atoms with Gasteiger partial charge in [0.25, 0.3) is 0 Å². The van der Waals surface area contributed by atoms with Crippen molar-refractivity contribution in [1.29, 1.82) is 0 Å². The molecule has 0 bridgehead atoms. The lowest BCUT2D eigenvalue weighted by atomic mass is 10.3. The first kappa shape index (κ1) is 11.5. The van der Waals surface area contributed by atoms with Gasteiger partial charge < -0.3 is 14.6 Å². The van der Waals surface area contributed by atoms with Crippen LogP contribution in [0.3, 0.4) is 0 Å². The molecule has 0 atom stereocenters. The van der Waals surface area contributed by atoms with Gasteiger partial charge in [0.1, 0.15) is 12.4 Å². The lowest BCUT2D eigenvalue weighted by Crippen LogP contribution is -2.14. The van der Waals surface area contributed by atoms with E-state index in [1.807, 2.05) is 36.5 Å². The molecule has 0 aliphatic carbocycles. The summed E-state index contributed by atoms with van der Waals surface area (Å²) in [4.78, 5) is 4.23. The van der Waals surface area contributed by atoms with E-state index in [1.54, 1.807) is 6.20 Å². The zero-order valence-electron chi connectivity index (χ0n) is 9.97. The highest BCUT2D eigenvalue weighted by Crippen LogP contribution is 2.08. The van der Waals surface area contributed by atoms with Gasteiger partial charge in [-0.1, -0.05) is 18.2 Å². The van der Waals surface area contributed by atoms with E-state index in [0.717, 1.165) is 24.8 Å². The minimum atomic E-state index is 0.626. The number of benzene rings is 1. The molecule has 4 heteroatoms. The molecule has 1 N–H and O–H groups in total. The third kappa shape index (κ3) is 3.24. The second-order valence-corrected chi connectivity index (χ2v) is 3.63. The highest BCUT2D eigenvalue weighted by Gasteiger charge is 1.99. The molecule has 0 aliphatic rings. The molecule has 0 fully saturated rings. The highest BCUT2D eigenvalue weighted by atomic mass is 16.5. The Morgan fingerprint density at radius 3 is 2.88 bits per heavy atom. The summed E-state index contributed by atoms with van der Waals surface area (Å²) in [5, 5.41) is 3.24. The fraction of sp³-hybridized carbons (Fsp3) is 0.308. The Kier molecular flexibility index (Phi) is 4.02. The number of nitrogens with one attached hydrogen (secondary N) is 1. The molecule has 2 aromatic rings. The summed E-state index contributed by atoms with van der Waals surface area (Å²) in [5.41, 5.74) is 0. The maximum Gasteiger partial charge on any atom is 0.202 e.